The van der Waals surface area contributed by atoms with Gasteiger partial charge in [0, 0.05) is 51.7 Å². The number of carboxylic acids is 4. The zero-order chi connectivity index (χ0) is 56.1. The summed E-state index contributed by atoms with van der Waals surface area (Å²) in [4.78, 5) is 131. The van der Waals surface area contributed by atoms with E-state index in [9.17, 15) is 68.1 Å². The van der Waals surface area contributed by atoms with E-state index in [-0.39, 0.29) is 122 Å². The van der Waals surface area contributed by atoms with Gasteiger partial charge in [-0.15, -0.1) is 0 Å². The molecule has 0 radical (unpaired) electrons. The zero-order valence-corrected chi connectivity index (χ0v) is 43.8. The summed E-state index contributed by atoms with van der Waals surface area (Å²) in [5.74, 6) is -7.97. The van der Waals surface area contributed by atoms with Gasteiger partial charge in [-0.1, -0.05) is 51.4 Å². The number of Topliss-reactive ketones (excluding diaryl/α,β-unsaturated/α-hetero) is 1. The van der Waals surface area contributed by atoms with Gasteiger partial charge in [0.05, 0.1) is 45.7 Å². The molecule has 75 heavy (non-hydrogen) atoms. The Morgan fingerprint density at radius 3 is 1.17 bits per heavy atom. The Bertz CT molecular complexity index is 1720. The van der Waals surface area contributed by atoms with E-state index >= 15 is 0 Å². The number of carbonyl (C=O) groups is 11. The number of aliphatic carboxylic acids is 4. The van der Waals surface area contributed by atoms with Gasteiger partial charge < -0.3 is 76.6 Å². The van der Waals surface area contributed by atoms with Gasteiger partial charge in [0.15, 0.2) is 0 Å². The fourth-order valence-electron chi connectivity index (χ4n) is 7.12. The maximum atomic E-state index is 12.5. The molecule has 26 heteroatoms. The summed E-state index contributed by atoms with van der Waals surface area (Å²) >= 11 is 0. The minimum Gasteiger partial charge on any atom is -0.481 e. The van der Waals surface area contributed by atoms with E-state index in [2.05, 4.69) is 37.2 Å². The Morgan fingerprint density at radius 2 is 0.733 bits per heavy atom. The lowest BCUT2D eigenvalue weighted by molar-refractivity contribution is -0.144. The van der Waals surface area contributed by atoms with Crippen molar-refractivity contribution in [2.45, 2.75) is 166 Å². The molecule has 0 aromatic rings. The van der Waals surface area contributed by atoms with Crippen LogP contribution in [0, 0.1) is 0 Å². The van der Waals surface area contributed by atoms with Gasteiger partial charge in [0.2, 0.25) is 35.4 Å². The highest BCUT2D eigenvalue weighted by Crippen LogP contribution is 2.13. The molecule has 0 aromatic carbocycles. The standard InChI is InChI=1S/C49H85N7O19/c1-35(57)36(50-2)15-13-14-24-51-40(58)21-18-38(48(68)69)55-43(61)23-20-39(49(70)71)56-45(63)34-75-32-30-73-28-26-53-44(62)33-74-31-29-72-27-25-52-41(59)22-19-37(47(66)67)54-42(60)16-11-9-7-5-3-4-6-8-10-12-17-46(64)65/h36-39,50H,3-34H2,1-2H3,(H,51,58)(H,52,59)(H,53,62)(H,54,60)(H,55,61)(H,56,63)(H,64,65)(H,66,67)(H,68,69)(H,70,71)/t36-,37-,38-,39-/m0/s1. The van der Waals surface area contributed by atoms with Gasteiger partial charge in [0.25, 0.3) is 0 Å². The van der Waals surface area contributed by atoms with Crippen molar-refractivity contribution >= 4 is 65.1 Å². The van der Waals surface area contributed by atoms with E-state index in [1.54, 1.807) is 7.05 Å². The number of ketones is 1. The molecule has 0 saturated heterocycles. The van der Waals surface area contributed by atoms with Crippen molar-refractivity contribution in [1.82, 2.24) is 37.2 Å². The fraction of sp³-hybridized carbons (Fsp3) is 0.776. The van der Waals surface area contributed by atoms with E-state index < -0.39 is 84.6 Å². The van der Waals surface area contributed by atoms with Gasteiger partial charge in [-0.25, -0.2) is 14.4 Å². The maximum absolute atomic E-state index is 12.5. The summed E-state index contributed by atoms with van der Waals surface area (Å²) in [6, 6.07) is -4.33. The molecule has 26 nitrogen and oxygen atoms in total. The molecule has 0 aromatic heterocycles. The minimum absolute atomic E-state index is 0.0158. The van der Waals surface area contributed by atoms with E-state index in [1.807, 2.05) is 0 Å². The summed E-state index contributed by atoms with van der Waals surface area (Å²) in [6.07, 6.45) is 10.3. The Labute approximate surface area is 439 Å². The van der Waals surface area contributed by atoms with Crippen LogP contribution in [0.2, 0.25) is 0 Å². The lowest BCUT2D eigenvalue weighted by Crippen LogP contribution is -2.45. The molecule has 0 unspecified atom stereocenters. The van der Waals surface area contributed by atoms with Gasteiger partial charge >= 0.3 is 23.9 Å². The van der Waals surface area contributed by atoms with Crippen LogP contribution in [0.3, 0.4) is 0 Å². The lowest BCUT2D eigenvalue weighted by atomic mass is 10.0. The van der Waals surface area contributed by atoms with Crippen LogP contribution in [0.5, 0.6) is 0 Å². The highest BCUT2D eigenvalue weighted by Gasteiger charge is 2.25. The van der Waals surface area contributed by atoms with Crippen LogP contribution in [-0.2, 0) is 71.7 Å². The predicted octanol–water partition coefficient (Wildman–Crippen LogP) is 0.563. The summed E-state index contributed by atoms with van der Waals surface area (Å²) < 4.78 is 21.2. The van der Waals surface area contributed by atoms with Crippen LogP contribution >= 0.6 is 0 Å². The highest BCUT2D eigenvalue weighted by molar-refractivity contribution is 5.87. The summed E-state index contributed by atoms with van der Waals surface area (Å²) in [7, 11) is 1.69. The van der Waals surface area contributed by atoms with Gasteiger partial charge in [-0.05, 0) is 65.3 Å². The van der Waals surface area contributed by atoms with Gasteiger partial charge in [0.1, 0.15) is 37.1 Å². The number of carbonyl (C=O) groups excluding carboxylic acids is 7. The normalized spacial score (nSPS) is 12.6. The predicted molar refractivity (Wildman–Crippen MR) is 269 cm³/mol. The molecule has 4 atom stereocenters. The molecule has 0 bridgehead atoms. The molecule has 0 spiro atoms. The van der Waals surface area contributed by atoms with Crippen molar-refractivity contribution in [2.24, 2.45) is 0 Å². The largest absolute Gasteiger partial charge is 0.481 e. The zero-order valence-electron chi connectivity index (χ0n) is 43.8. The first kappa shape index (κ1) is 69.2. The minimum atomic E-state index is -1.48. The number of hydrogen-bond acceptors (Lipinski definition) is 16. The molecule has 0 fully saturated rings. The summed E-state index contributed by atoms with van der Waals surface area (Å²) in [5.41, 5.74) is 0. The molecule has 6 amide bonds. The molecule has 11 N–H and O–H groups in total. The first-order chi connectivity index (χ1) is 35.9. The smallest absolute Gasteiger partial charge is 0.326 e. The van der Waals surface area contributed by atoms with Crippen molar-refractivity contribution in [3.63, 3.8) is 0 Å². The molecular formula is C49H85N7O19. The second kappa shape index (κ2) is 45.6. The van der Waals surface area contributed by atoms with Crippen molar-refractivity contribution < 1.29 is 92.1 Å². The number of carboxylic acid groups (broad SMARTS) is 4. The second-order valence-electron chi connectivity index (χ2n) is 17.7. The number of ether oxygens (including phenoxy) is 4. The second-order valence-corrected chi connectivity index (χ2v) is 17.7. The molecule has 0 aliphatic rings. The Morgan fingerprint density at radius 1 is 0.360 bits per heavy atom. The van der Waals surface area contributed by atoms with Crippen LogP contribution < -0.4 is 37.2 Å². The van der Waals surface area contributed by atoms with E-state index in [0.29, 0.717) is 38.6 Å². The Kier molecular flexibility index (Phi) is 42.0. The number of hydrogen-bond donors (Lipinski definition) is 11. The first-order valence-corrected chi connectivity index (χ1v) is 25.9. The quantitative estimate of drug-likeness (QED) is 0.0371. The van der Waals surface area contributed by atoms with Crippen LogP contribution in [0.25, 0.3) is 0 Å². The summed E-state index contributed by atoms with van der Waals surface area (Å²) in [5, 5.41) is 55.0. The van der Waals surface area contributed by atoms with E-state index in [1.165, 1.54) is 6.92 Å². The van der Waals surface area contributed by atoms with E-state index in [0.717, 1.165) is 51.4 Å². The van der Waals surface area contributed by atoms with Gasteiger partial charge in [-0.2, -0.15) is 0 Å². The number of nitrogens with one attached hydrogen (secondary N) is 7. The fourth-order valence-corrected chi connectivity index (χ4v) is 7.12. The number of rotatable bonds is 51. The van der Waals surface area contributed by atoms with Crippen molar-refractivity contribution in [2.75, 3.05) is 79.5 Å². The van der Waals surface area contributed by atoms with Crippen molar-refractivity contribution in [1.29, 1.82) is 0 Å². The highest BCUT2D eigenvalue weighted by atomic mass is 16.5. The molecule has 430 valence electrons. The van der Waals surface area contributed by atoms with Crippen LogP contribution in [0.4, 0.5) is 0 Å². The maximum Gasteiger partial charge on any atom is 0.326 e. The molecule has 0 saturated carbocycles. The Balaban J connectivity index is 4.01. The third kappa shape index (κ3) is 42.1. The number of amides is 6. The monoisotopic (exact) mass is 1080 g/mol. The molecule has 0 aliphatic carbocycles. The molecular weight excluding hydrogens is 991 g/mol. The Hall–Kier alpha value is -5.83. The first-order valence-electron chi connectivity index (χ1n) is 25.9. The van der Waals surface area contributed by atoms with E-state index in [4.69, 9.17) is 24.1 Å². The molecule has 0 rings (SSSR count). The van der Waals surface area contributed by atoms with Crippen molar-refractivity contribution in [3.05, 3.63) is 0 Å². The van der Waals surface area contributed by atoms with Crippen LogP contribution in [-0.4, -0.2) is 189 Å². The molecule has 0 heterocycles. The average Bonchev–Trinajstić information content (AvgIpc) is 3.35. The average molecular weight is 1080 g/mol. The van der Waals surface area contributed by atoms with Crippen LogP contribution in [0.1, 0.15) is 142 Å². The number of likely N-dealkylation sites (N-methyl/N-ethyl adjacent to an activating group) is 1. The topological polar surface area (TPSA) is 390 Å². The lowest BCUT2D eigenvalue weighted by Gasteiger charge is -2.17. The third-order valence-electron chi connectivity index (χ3n) is 11.4. The summed E-state index contributed by atoms with van der Waals surface area (Å²) in [6.45, 7) is 1.80. The van der Waals surface area contributed by atoms with Crippen LogP contribution in [0.15, 0.2) is 0 Å². The SMILES string of the molecule is CN[C@@H](CCCCNC(=O)CC[C@H](NC(=O)CC[C@H](NC(=O)COCCOCCNC(=O)COCCOCCNC(=O)CC[C@H](NC(=O)CCCCCCCCCCCCC(=O)O)C(=O)O)C(=O)O)C(=O)O)C(C)=O. The van der Waals surface area contributed by atoms with Gasteiger partial charge in [-0.3, -0.25) is 38.4 Å². The number of unbranched alkanes of at least 4 members (excludes halogenated alkanes) is 10. The molecule has 0 aliphatic heterocycles. The van der Waals surface area contributed by atoms with Crippen molar-refractivity contribution in [3.8, 4) is 0 Å². The third-order valence-corrected chi connectivity index (χ3v) is 11.4.